The van der Waals surface area contributed by atoms with Gasteiger partial charge in [-0.25, -0.2) is 10.2 Å². The largest absolute Gasteiger partial charge is 0.497 e. The molecule has 0 aliphatic heterocycles. The van der Waals surface area contributed by atoms with Crippen LogP contribution in [0.3, 0.4) is 0 Å². The minimum absolute atomic E-state index is 0.126. The molecule has 1 N–H and O–H groups in total. The van der Waals surface area contributed by atoms with Gasteiger partial charge in [0.1, 0.15) is 11.5 Å². The van der Waals surface area contributed by atoms with Gasteiger partial charge in [-0.05, 0) is 54.6 Å². The zero-order valence-electron chi connectivity index (χ0n) is 16.7. The van der Waals surface area contributed by atoms with Crippen molar-refractivity contribution in [1.29, 1.82) is 0 Å². The molecule has 0 heterocycles. The first-order valence-corrected chi connectivity index (χ1v) is 9.49. The lowest BCUT2D eigenvalue weighted by molar-refractivity contribution is -0.384. The summed E-state index contributed by atoms with van der Waals surface area (Å²) in [5.74, 6) is -0.418. The number of methoxy groups -OCH3 is 1. The van der Waals surface area contributed by atoms with E-state index in [0.29, 0.717) is 21.9 Å². The Hall–Kier alpha value is -4.24. The lowest BCUT2D eigenvalue weighted by Crippen LogP contribution is -2.17. The van der Waals surface area contributed by atoms with Crippen LogP contribution < -0.4 is 14.9 Å². The zero-order valence-corrected chi connectivity index (χ0v) is 17.4. The number of halogens is 1. The molecule has 0 spiro atoms. The van der Waals surface area contributed by atoms with Crippen molar-refractivity contribution in [2.75, 3.05) is 7.11 Å². The molecule has 1 amide bonds. The van der Waals surface area contributed by atoms with Crippen LogP contribution in [-0.2, 0) is 0 Å². The molecule has 0 aliphatic rings. The summed E-state index contributed by atoms with van der Waals surface area (Å²) in [4.78, 5) is 34.8. The van der Waals surface area contributed by atoms with Gasteiger partial charge in [-0.2, -0.15) is 5.10 Å². The quantitative estimate of drug-likeness (QED) is 0.188. The highest BCUT2D eigenvalue weighted by atomic mass is 35.5. The Balaban J connectivity index is 1.71. The van der Waals surface area contributed by atoms with Crippen molar-refractivity contribution in [3.63, 3.8) is 0 Å². The van der Waals surface area contributed by atoms with Gasteiger partial charge in [0, 0.05) is 28.3 Å². The lowest BCUT2D eigenvalue weighted by atomic mass is 10.2. The Morgan fingerprint density at radius 2 is 1.69 bits per heavy atom. The van der Waals surface area contributed by atoms with Crippen LogP contribution in [-0.4, -0.2) is 30.1 Å². The maximum Gasteiger partial charge on any atom is 0.343 e. The number of amides is 1. The van der Waals surface area contributed by atoms with Crippen LogP contribution >= 0.6 is 11.6 Å². The van der Waals surface area contributed by atoms with E-state index in [4.69, 9.17) is 21.1 Å². The average molecular weight is 454 g/mol. The number of nitrogens with zero attached hydrogens (tertiary/aromatic N) is 2. The van der Waals surface area contributed by atoms with Crippen molar-refractivity contribution >= 4 is 35.4 Å². The average Bonchev–Trinajstić information content (AvgIpc) is 2.80. The van der Waals surface area contributed by atoms with E-state index in [1.165, 1.54) is 55.8 Å². The molecule has 162 valence electrons. The van der Waals surface area contributed by atoms with Crippen molar-refractivity contribution in [3.8, 4) is 11.5 Å². The number of hydrogen-bond donors (Lipinski definition) is 1. The molecule has 0 fully saturated rings. The topological polar surface area (TPSA) is 120 Å². The first-order valence-electron chi connectivity index (χ1n) is 9.11. The second-order valence-corrected chi connectivity index (χ2v) is 6.74. The van der Waals surface area contributed by atoms with E-state index in [1.54, 1.807) is 24.3 Å². The number of hydrazone groups is 1. The van der Waals surface area contributed by atoms with E-state index in [9.17, 15) is 19.7 Å². The molecular weight excluding hydrogens is 438 g/mol. The Morgan fingerprint density at radius 1 is 1.03 bits per heavy atom. The fourth-order valence-electron chi connectivity index (χ4n) is 2.56. The number of nitro groups is 1. The summed E-state index contributed by atoms with van der Waals surface area (Å²) in [6.45, 7) is 0. The summed E-state index contributed by atoms with van der Waals surface area (Å²) in [5.41, 5.74) is 3.07. The first kappa shape index (κ1) is 22.4. The molecule has 0 saturated heterocycles. The standard InChI is InChI=1S/C22H16ClN3O6/c1-31-19-9-4-14(5-10-19)21(27)25-24-13-16-12-17(23)6-11-20(16)32-22(28)15-2-7-18(8-3-15)26(29)30/h2-13H,1H3,(H,25,27)/b24-13+. The highest BCUT2D eigenvalue weighted by molar-refractivity contribution is 6.31. The van der Waals surface area contributed by atoms with Gasteiger partial charge in [-0.1, -0.05) is 11.6 Å². The van der Waals surface area contributed by atoms with Crippen LogP contribution in [0.2, 0.25) is 5.02 Å². The number of benzene rings is 3. The Morgan fingerprint density at radius 3 is 2.31 bits per heavy atom. The van der Waals surface area contributed by atoms with Gasteiger partial charge in [0.25, 0.3) is 11.6 Å². The Kier molecular flexibility index (Phi) is 7.14. The van der Waals surface area contributed by atoms with Crippen LogP contribution in [0.1, 0.15) is 26.3 Å². The smallest absolute Gasteiger partial charge is 0.343 e. The van der Waals surface area contributed by atoms with Gasteiger partial charge in [0.15, 0.2) is 0 Å². The number of non-ortho nitro benzene ring substituents is 1. The Labute approximate surface area is 187 Å². The molecule has 9 nitrogen and oxygen atoms in total. The van der Waals surface area contributed by atoms with Crippen molar-refractivity contribution in [2.45, 2.75) is 0 Å². The molecule has 3 aromatic rings. The molecule has 0 aliphatic carbocycles. The third-order valence-corrected chi connectivity index (χ3v) is 4.45. The summed E-state index contributed by atoms with van der Waals surface area (Å²) >= 11 is 6.02. The molecule has 0 aromatic heterocycles. The molecule has 10 heteroatoms. The third-order valence-electron chi connectivity index (χ3n) is 4.21. The SMILES string of the molecule is COc1ccc(C(=O)N/N=C/c2cc(Cl)ccc2OC(=O)c2ccc([N+](=O)[O-])cc2)cc1. The number of ether oxygens (including phenoxy) is 2. The first-order chi connectivity index (χ1) is 15.4. The minimum atomic E-state index is -0.723. The fourth-order valence-corrected chi connectivity index (χ4v) is 2.74. The summed E-state index contributed by atoms with van der Waals surface area (Å²) in [6.07, 6.45) is 1.28. The van der Waals surface area contributed by atoms with Crippen LogP contribution in [0.15, 0.2) is 71.8 Å². The van der Waals surface area contributed by atoms with Crippen LogP contribution in [0.25, 0.3) is 0 Å². The van der Waals surface area contributed by atoms with Gasteiger partial charge in [0.05, 0.1) is 23.8 Å². The predicted molar refractivity (Wildman–Crippen MR) is 118 cm³/mol. The maximum absolute atomic E-state index is 12.4. The number of nitrogens with one attached hydrogen (secondary N) is 1. The second-order valence-electron chi connectivity index (χ2n) is 6.30. The van der Waals surface area contributed by atoms with E-state index in [0.717, 1.165) is 0 Å². The van der Waals surface area contributed by atoms with Crippen LogP contribution in [0.4, 0.5) is 5.69 Å². The van der Waals surface area contributed by atoms with Gasteiger partial charge >= 0.3 is 5.97 Å². The number of nitro benzene ring substituents is 1. The van der Waals surface area contributed by atoms with Crippen molar-refractivity contribution in [1.82, 2.24) is 5.43 Å². The predicted octanol–water partition coefficient (Wildman–Crippen LogP) is 4.24. The van der Waals surface area contributed by atoms with Gasteiger partial charge < -0.3 is 9.47 Å². The number of esters is 1. The fraction of sp³-hybridized carbons (Fsp3) is 0.0455. The Bertz CT molecular complexity index is 1180. The molecule has 0 bridgehead atoms. The molecule has 3 rings (SSSR count). The second kappa shape index (κ2) is 10.2. The van der Waals surface area contributed by atoms with Gasteiger partial charge in [-0.3, -0.25) is 14.9 Å². The number of carbonyl (C=O) groups excluding carboxylic acids is 2. The third kappa shape index (κ3) is 5.67. The number of rotatable bonds is 7. The summed E-state index contributed by atoms with van der Waals surface area (Å²) in [6, 6.07) is 15.9. The molecule has 32 heavy (non-hydrogen) atoms. The maximum atomic E-state index is 12.4. The van der Waals surface area contributed by atoms with Crippen LogP contribution in [0, 0.1) is 10.1 Å². The summed E-state index contributed by atoms with van der Waals surface area (Å²) in [7, 11) is 1.52. The van der Waals surface area contributed by atoms with Crippen molar-refractivity contribution in [3.05, 3.63) is 98.6 Å². The normalized spacial score (nSPS) is 10.6. The van der Waals surface area contributed by atoms with Crippen LogP contribution in [0.5, 0.6) is 11.5 Å². The molecular formula is C22H16ClN3O6. The summed E-state index contributed by atoms with van der Waals surface area (Å²) < 4.78 is 10.4. The van der Waals surface area contributed by atoms with E-state index in [1.807, 2.05) is 0 Å². The highest BCUT2D eigenvalue weighted by Gasteiger charge is 2.14. The van der Waals surface area contributed by atoms with Gasteiger partial charge in [-0.15, -0.1) is 0 Å². The van der Waals surface area contributed by atoms with Crippen molar-refractivity contribution in [2.24, 2.45) is 5.10 Å². The number of hydrogen-bond acceptors (Lipinski definition) is 7. The number of carbonyl (C=O) groups is 2. The molecule has 0 atom stereocenters. The minimum Gasteiger partial charge on any atom is -0.497 e. The monoisotopic (exact) mass is 453 g/mol. The molecule has 0 unspecified atom stereocenters. The van der Waals surface area contributed by atoms with Gasteiger partial charge in [0.2, 0.25) is 0 Å². The molecule has 0 saturated carbocycles. The lowest BCUT2D eigenvalue weighted by Gasteiger charge is -2.08. The van der Waals surface area contributed by atoms with Crippen molar-refractivity contribution < 1.29 is 24.0 Å². The molecule has 0 radical (unpaired) electrons. The van der Waals surface area contributed by atoms with E-state index >= 15 is 0 Å². The zero-order chi connectivity index (χ0) is 23.1. The molecule has 3 aromatic carbocycles. The summed E-state index contributed by atoms with van der Waals surface area (Å²) in [5, 5.41) is 15.0. The highest BCUT2D eigenvalue weighted by Crippen LogP contribution is 2.23. The van der Waals surface area contributed by atoms with E-state index in [2.05, 4.69) is 10.5 Å². The van der Waals surface area contributed by atoms with E-state index in [-0.39, 0.29) is 17.0 Å². The van der Waals surface area contributed by atoms with E-state index < -0.39 is 16.8 Å².